The van der Waals surface area contributed by atoms with Crippen molar-refractivity contribution in [2.75, 3.05) is 0 Å². The van der Waals surface area contributed by atoms with E-state index in [4.69, 9.17) is 5.73 Å². The van der Waals surface area contributed by atoms with Crippen molar-refractivity contribution in [3.63, 3.8) is 0 Å². The summed E-state index contributed by atoms with van der Waals surface area (Å²) in [6, 6.07) is 0. The highest BCUT2D eigenvalue weighted by Crippen LogP contribution is 2.39. The molecule has 1 aliphatic heterocycles. The Balaban J connectivity index is 2.31. The van der Waals surface area contributed by atoms with Gasteiger partial charge in [-0.15, -0.1) is 11.8 Å². The number of rotatable bonds is 1. The van der Waals surface area contributed by atoms with Crippen LogP contribution in [0.1, 0.15) is 13.8 Å². The van der Waals surface area contributed by atoms with Crippen molar-refractivity contribution in [3.05, 3.63) is 34.9 Å². The van der Waals surface area contributed by atoms with Crippen molar-refractivity contribution in [2.24, 2.45) is 17.6 Å². The minimum atomic E-state index is 0.474. The SMILES string of the molecule is CC(C)C1=C(N)C2SC=CC2C=C1. The lowest BCUT2D eigenvalue weighted by Gasteiger charge is -2.25. The van der Waals surface area contributed by atoms with Crippen LogP contribution in [0.3, 0.4) is 0 Å². The summed E-state index contributed by atoms with van der Waals surface area (Å²) >= 11 is 1.84. The maximum Gasteiger partial charge on any atom is 0.0584 e. The van der Waals surface area contributed by atoms with E-state index >= 15 is 0 Å². The Morgan fingerprint density at radius 3 is 2.85 bits per heavy atom. The highest BCUT2D eigenvalue weighted by molar-refractivity contribution is 8.03. The van der Waals surface area contributed by atoms with Crippen LogP contribution < -0.4 is 5.73 Å². The summed E-state index contributed by atoms with van der Waals surface area (Å²) in [6.07, 6.45) is 6.69. The van der Waals surface area contributed by atoms with Gasteiger partial charge in [-0.2, -0.15) is 0 Å². The standard InChI is InChI=1S/C11H15NS/c1-7(2)9-4-3-8-5-6-13-11(8)10(9)12/h3-8,11H,12H2,1-2H3. The van der Waals surface area contributed by atoms with Crippen LogP contribution in [0.2, 0.25) is 0 Å². The van der Waals surface area contributed by atoms with Crippen molar-refractivity contribution < 1.29 is 0 Å². The Labute approximate surface area is 83.8 Å². The van der Waals surface area contributed by atoms with Crippen molar-refractivity contribution in [1.82, 2.24) is 0 Å². The molecule has 2 N–H and O–H groups in total. The molecular formula is C11H15NS. The fraction of sp³-hybridized carbons (Fsp3) is 0.455. The fourth-order valence-electron chi connectivity index (χ4n) is 1.86. The monoisotopic (exact) mass is 193 g/mol. The number of allylic oxidation sites excluding steroid dienone is 4. The van der Waals surface area contributed by atoms with Gasteiger partial charge in [0.2, 0.25) is 0 Å². The molecule has 0 radical (unpaired) electrons. The Bertz CT molecular complexity index is 299. The number of hydrogen-bond acceptors (Lipinski definition) is 2. The van der Waals surface area contributed by atoms with Gasteiger partial charge in [-0.3, -0.25) is 0 Å². The summed E-state index contributed by atoms with van der Waals surface area (Å²) in [5.74, 6) is 1.07. The molecule has 2 atom stereocenters. The zero-order valence-corrected chi connectivity index (χ0v) is 8.84. The van der Waals surface area contributed by atoms with Crippen molar-refractivity contribution in [1.29, 1.82) is 0 Å². The zero-order valence-electron chi connectivity index (χ0n) is 8.03. The number of thioether (sulfide) groups is 1. The Kier molecular flexibility index (Phi) is 2.24. The van der Waals surface area contributed by atoms with E-state index < -0.39 is 0 Å². The molecule has 2 rings (SSSR count). The molecule has 0 saturated carbocycles. The van der Waals surface area contributed by atoms with Gasteiger partial charge in [-0.1, -0.05) is 32.1 Å². The predicted molar refractivity (Wildman–Crippen MR) is 59.2 cm³/mol. The Morgan fingerprint density at radius 2 is 2.15 bits per heavy atom. The van der Waals surface area contributed by atoms with E-state index in [9.17, 15) is 0 Å². The summed E-state index contributed by atoms with van der Waals surface area (Å²) in [6.45, 7) is 4.39. The third-order valence-corrected chi connectivity index (χ3v) is 3.81. The van der Waals surface area contributed by atoms with Crippen LogP contribution in [-0.2, 0) is 0 Å². The Hall–Kier alpha value is -0.630. The first-order chi connectivity index (χ1) is 6.20. The lowest BCUT2D eigenvalue weighted by atomic mass is 9.89. The van der Waals surface area contributed by atoms with Gasteiger partial charge >= 0.3 is 0 Å². The molecule has 0 saturated heterocycles. The van der Waals surface area contributed by atoms with Crippen LogP contribution in [0.25, 0.3) is 0 Å². The van der Waals surface area contributed by atoms with Gasteiger partial charge in [0, 0.05) is 11.6 Å². The van der Waals surface area contributed by atoms with Gasteiger partial charge in [0.1, 0.15) is 0 Å². The normalized spacial score (nSPS) is 31.6. The minimum absolute atomic E-state index is 0.474. The molecule has 2 aliphatic rings. The predicted octanol–water partition coefficient (Wildman–Crippen LogP) is 2.67. The summed E-state index contributed by atoms with van der Waals surface area (Å²) in [5, 5.41) is 2.64. The summed E-state index contributed by atoms with van der Waals surface area (Å²) in [5.41, 5.74) is 8.53. The highest BCUT2D eigenvalue weighted by Gasteiger charge is 2.28. The number of hydrogen-bond donors (Lipinski definition) is 1. The van der Waals surface area contributed by atoms with Crippen LogP contribution in [-0.4, -0.2) is 5.25 Å². The van der Waals surface area contributed by atoms with E-state index in [0.29, 0.717) is 17.1 Å². The summed E-state index contributed by atoms with van der Waals surface area (Å²) in [4.78, 5) is 0. The van der Waals surface area contributed by atoms with E-state index in [0.717, 1.165) is 5.70 Å². The highest BCUT2D eigenvalue weighted by atomic mass is 32.2. The number of nitrogens with two attached hydrogens (primary N) is 1. The zero-order chi connectivity index (χ0) is 9.42. The molecule has 0 fully saturated rings. The van der Waals surface area contributed by atoms with Crippen LogP contribution in [0, 0.1) is 11.8 Å². The van der Waals surface area contributed by atoms with E-state index in [2.05, 4.69) is 37.5 Å². The topological polar surface area (TPSA) is 26.0 Å². The van der Waals surface area contributed by atoms with Crippen molar-refractivity contribution in [3.8, 4) is 0 Å². The summed E-state index contributed by atoms with van der Waals surface area (Å²) in [7, 11) is 0. The van der Waals surface area contributed by atoms with Crippen molar-refractivity contribution >= 4 is 11.8 Å². The molecule has 1 heterocycles. The van der Waals surface area contributed by atoms with E-state index in [-0.39, 0.29) is 0 Å². The van der Waals surface area contributed by atoms with Crippen LogP contribution in [0.5, 0.6) is 0 Å². The lowest BCUT2D eigenvalue weighted by molar-refractivity contribution is 0.718. The quantitative estimate of drug-likeness (QED) is 0.693. The van der Waals surface area contributed by atoms with Crippen LogP contribution in [0.15, 0.2) is 34.9 Å². The van der Waals surface area contributed by atoms with Gasteiger partial charge in [-0.25, -0.2) is 0 Å². The summed E-state index contributed by atoms with van der Waals surface area (Å²) < 4.78 is 0. The molecule has 2 unspecified atom stereocenters. The molecule has 0 aromatic heterocycles. The van der Waals surface area contributed by atoms with Crippen molar-refractivity contribution in [2.45, 2.75) is 19.1 Å². The number of fused-ring (bicyclic) bond motifs is 1. The van der Waals surface area contributed by atoms with Crippen LogP contribution in [0.4, 0.5) is 0 Å². The maximum absolute atomic E-state index is 6.13. The molecule has 0 spiro atoms. The smallest absolute Gasteiger partial charge is 0.0584 e. The molecule has 13 heavy (non-hydrogen) atoms. The lowest BCUT2D eigenvalue weighted by Crippen LogP contribution is -2.24. The third-order valence-electron chi connectivity index (χ3n) is 2.64. The maximum atomic E-state index is 6.13. The molecule has 1 nitrogen and oxygen atoms in total. The second kappa shape index (κ2) is 3.26. The largest absolute Gasteiger partial charge is 0.401 e. The minimum Gasteiger partial charge on any atom is -0.401 e. The van der Waals surface area contributed by atoms with E-state index in [1.54, 1.807) is 0 Å². The third kappa shape index (κ3) is 1.44. The van der Waals surface area contributed by atoms with Gasteiger partial charge in [0.15, 0.2) is 0 Å². The van der Waals surface area contributed by atoms with E-state index in [1.807, 2.05) is 11.8 Å². The molecule has 2 heteroatoms. The molecular weight excluding hydrogens is 178 g/mol. The molecule has 0 amide bonds. The first-order valence-corrected chi connectivity index (χ1v) is 5.64. The van der Waals surface area contributed by atoms with Gasteiger partial charge < -0.3 is 5.73 Å². The first-order valence-electron chi connectivity index (χ1n) is 4.70. The van der Waals surface area contributed by atoms with Gasteiger partial charge in [0.05, 0.1) is 5.25 Å². The average molecular weight is 193 g/mol. The van der Waals surface area contributed by atoms with Crippen LogP contribution >= 0.6 is 11.8 Å². The molecule has 0 bridgehead atoms. The van der Waals surface area contributed by atoms with E-state index in [1.165, 1.54) is 5.57 Å². The molecule has 1 aliphatic carbocycles. The average Bonchev–Trinajstić information content (AvgIpc) is 2.52. The Morgan fingerprint density at radius 1 is 1.38 bits per heavy atom. The van der Waals surface area contributed by atoms with Gasteiger partial charge in [0.25, 0.3) is 0 Å². The first kappa shape index (κ1) is 8.95. The second-order valence-corrected chi connectivity index (χ2v) is 4.94. The van der Waals surface area contributed by atoms with Gasteiger partial charge in [-0.05, 0) is 16.9 Å². The fourth-order valence-corrected chi connectivity index (χ4v) is 2.95. The molecule has 0 aromatic rings. The molecule has 70 valence electrons. The second-order valence-electron chi connectivity index (χ2n) is 3.89. The molecule has 0 aromatic carbocycles.